The largest absolute Gasteiger partial charge is 0.363 e. The summed E-state index contributed by atoms with van der Waals surface area (Å²) in [4.78, 5) is 25.2. The Morgan fingerprint density at radius 1 is 1.41 bits per heavy atom. The second-order valence-corrected chi connectivity index (χ2v) is 11.3. The molecular weight excluding hydrogens is 394 g/mol. The van der Waals surface area contributed by atoms with Gasteiger partial charge in [0.05, 0.1) is 12.3 Å². The number of Topliss-reactive ketones (excluding diaryl/α,β-unsaturated/α-hetero) is 1. The maximum atomic E-state index is 13.4. The van der Waals surface area contributed by atoms with Gasteiger partial charge in [0.2, 0.25) is 15.9 Å². The molecule has 2 aliphatic carbocycles. The van der Waals surface area contributed by atoms with Gasteiger partial charge in [-0.05, 0) is 36.5 Å². The molecule has 1 heterocycles. The Balaban J connectivity index is 1.80. The molecular formula is C20H31N3O5S. The molecule has 2 fully saturated rings. The van der Waals surface area contributed by atoms with Crippen molar-refractivity contribution in [1.82, 2.24) is 9.46 Å². The van der Waals surface area contributed by atoms with Crippen LogP contribution < -0.4 is 5.32 Å². The Labute approximate surface area is 172 Å². The molecule has 1 aromatic rings. The maximum absolute atomic E-state index is 13.4. The summed E-state index contributed by atoms with van der Waals surface area (Å²) in [6.07, 6.45) is 3.90. The van der Waals surface area contributed by atoms with Crippen LogP contribution in [0.4, 0.5) is 5.82 Å². The summed E-state index contributed by atoms with van der Waals surface area (Å²) < 4.78 is 32.7. The lowest BCUT2D eigenvalue weighted by atomic mass is 9.70. The number of aromatic nitrogens is 1. The van der Waals surface area contributed by atoms with E-state index in [4.69, 9.17) is 0 Å². The third-order valence-corrected chi connectivity index (χ3v) is 8.90. The molecule has 2 aliphatic rings. The number of nitrogens with zero attached hydrogens (tertiary/aromatic N) is 2. The van der Waals surface area contributed by atoms with Crippen molar-refractivity contribution in [3.8, 4) is 0 Å². The number of carbonyl (C=O) groups excluding carboxylic acids is 2. The minimum atomic E-state index is -3.82. The molecule has 1 aromatic heterocycles. The number of rotatable bonds is 9. The summed E-state index contributed by atoms with van der Waals surface area (Å²) in [6, 6.07) is 1.49. The van der Waals surface area contributed by atoms with Gasteiger partial charge in [-0.1, -0.05) is 32.9 Å². The predicted molar refractivity (Wildman–Crippen MR) is 109 cm³/mol. The van der Waals surface area contributed by atoms with Crippen LogP contribution in [0.15, 0.2) is 16.9 Å². The molecule has 0 radical (unpaired) electrons. The molecule has 2 saturated carbocycles. The second kappa shape index (κ2) is 7.83. The first kappa shape index (κ1) is 22.0. The lowest BCUT2D eigenvalue weighted by Crippen LogP contribution is -2.48. The molecule has 162 valence electrons. The van der Waals surface area contributed by atoms with Gasteiger partial charge in [-0.15, -0.1) is 0 Å². The minimum absolute atomic E-state index is 0.0539. The molecule has 2 atom stereocenters. The summed E-state index contributed by atoms with van der Waals surface area (Å²) in [7, 11) is -3.82. The third-order valence-electron chi connectivity index (χ3n) is 6.94. The fourth-order valence-corrected chi connectivity index (χ4v) is 7.03. The highest BCUT2D eigenvalue weighted by Crippen LogP contribution is 2.64. The van der Waals surface area contributed by atoms with Gasteiger partial charge in [-0.3, -0.25) is 9.59 Å². The monoisotopic (exact) mass is 425 g/mol. The van der Waals surface area contributed by atoms with Gasteiger partial charge in [0, 0.05) is 24.4 Å². The number of fused-ring (bicyclic) bond motifs is 2. The average Bonchev–Trinajstić information content (AvgIpc) is 3.24. The Hall–Kier alpha value is -1.74. The van der Waals surface area contributed by atoms with Gasteiger partial charge >= 0.3 is 0 Å². The zero-order valence-electron chi connectivity index (χ0n) is 17.6. The van der Waals surface area contributed by atoms with Crippen molar-refractivity contribution in [2.24, 2.45) is 22.7 Å². The van der Waals surface area contributed by atoms with Crippen LogP contribution in [-0.2, 0) is 19.6 Å². The third kappa shape index (κ3) is 4.12. The highest BCUT2D eigenvalue weighted by molar-refractivity contribution is 7.89. The van der Waals surface area contributed by atoms with Crippen molar-refractivity contribution < 1.29 is 22.5 Å². The van der Waals surface area contributed by atoms with Crippen LogP contribution in [0.3, 0.4) is 0 Å². The summed E-state index contributed by atoms with van der Waals surface area (Å²) in [5, 5.41) is 6.17. The topological polar surface area (TPSA) is 110 Å². The van der Waals surface area contributed by atoms with E-state index in [1.165, 1.54) is 16.6 Å². The summed E-state index contributed by atoms with van der Waals surface area (Å²) in [5.74, 6) is 0.107. The second-order valence-electron chi connectivity index (χ2n) is 9.37. The summed E-state index contributed by atoms with van der Waals surface area (Å²) >= 11 is 0. The van der Waals surface area contributed by atoms with Crippen LogP contribution >= 0.6 is 0 Å². The Kier molecular flexibility index (Phi) is 5.93. The first-order valence-electron chi connectivity index (χ1n) is 10.2. The quantitative estimate of drug-likeness (QED) is 0.651. The Morgan fingerprint density at radius 3 is 2.66 bits per heavy atom. The molecule has 8 nitrogen and oxygen atoms in total. The highest BCUT2D eigenvalue weighted by Gasteiger charge is 2.65. The maximum Gasteiger partial charge on any atom is 0.240 e. The predicted octanol–water partition coefficient (Wildman–Crippen LogP) is 2.69. The number of carbonyl (C=O) groups is 2. The van der Waals surface area contributed by atoms with Crippen LogP contribution in [-0.4, -0.2) is 48.4 Å². The Morgan fingerprint density at radius 2 is 2.14 bits per heavy atom. The van der Waals surface area contributed by atoms with Gasteiger partial charge in [-0.25, -0.2) is 8.42 Å². The van der Waals surface area contributed by atoms with Gasteiger partial charge in [0.1, 0.15) is 12.0 Å². The number of sulfonamides is 1. The number of anilines is 1. The number of amides is 1. The van der Waals surface area contributed by atoms with Gasteiger partial charge in [0.15, 0.2) is 5.82 Å². The average molecular weight is 426 g/mol. The van der Waals surface area contributed by atoms with Crippen molar-refractivity contribution in [1.29, 1.82) is 0 Å². The molecule has 0 saturated heterocycles. The van der Waals surface area contributed by atoms with Crippen LogP contribution in [0.25, 0.3) is 0 Å². The van der Waals surface area contributed by atoms with E-state index in [2.05, 4.69) is 15.0 Å². The van der Waals surface area contributed by atoms with Crippen LogP contribution in [0.1, 0.15) is 53.4 Å². The van der Waals surface area contributed by atoms with Crippen molar-refractivity contribution in [3.63, 3.8) is 0 Å². The van der Waals surface area contributed by atoms with E-state index >= 15 is 0 Å². The van der Waals surface area contributed by atoms with Crippen LogP contribution in [0.5, 0.6) is 0 Å². The van der Waals surface area contributed by atoms with E-state index in [-0.39, 0.29) is 47.7 Å². The number of nitrogens with one attached hydrogen (secondary N) is 1. The molecule has 2 bridgehead atoms. The first-order chi connectivity index (χ1) is 13.5. The standard InChI is InChI=1S/C20H31N3O5S/c1-14(2)6-9-23(12-18(25)21-17-7-10-28-22-17)29(26,27)13-20-8-5-15(11-16(20)24)19(20,3)4/h7,10,14-15H,5-6,8-9,11-13H2,1-4H3,(H,21,22,25)/t15-,20-/m1/s1. The molecule has 29 heavy (non-hydrogen) atoms. The van der Waals surface area contributed by atoms with E-state index < -0.39 is 21.3 Å². The molecule has 0 aromatic carbocycles. The van der Waals surface area contributed by atoms with Crippen LogP contribution in [0.2, 0.25) is 0 Å². The molecule has 1 N–H and O–H groups in total. The SMILES string of the molecule is CC(C)CCN(CC(=O)Nc1ccon1)S(=O)(=O)C[C@]12CC[C@H](CC1=O)C2(C)C. The Bertz CT molecular complexity index is 863. The molecule has 1 amide bonds. The molecule has 3 rings (SSSR count). The lowest BCUT2D eigenvalue weighted by Gasteiger charge is -2.37. The number of hydrogen-bond donors (Lipinski definition) is 1. The highest BCUT2D eigenvalue weighted by atomic mass is 32.2. The van der Waals surface area contributed by atoms with Crippen molar-refractivity contribution in [3.05, 3.63) is 12.3 Å². The van der Waals surface area contributed by atoms with E-state index in [0.29, 0.717) is 19.3 Å². The van der Waals surface area contributed by atoms with Gasteiger partial charge in [0.25, 0.3) is 0 Å². The molecule has 9 heteroatoms. The number of ketones is 1. The van der Waals surface area contributed by atoms with E-state index in [0.717, 1.165) is 6.42 Å². The fourth-order valence-electron chi connectivity index (χ4n) is 4.85. The molecule has 0 spiro atoms. The zero-order valence-corrected chi connectivity index (χ0v) is 18.4. The number of hydrogen-bond acceptors (Lipinski definition) is 6. The smallest absolute Gasteiger partial charge is 0.240 e. The lowest BCUT2D eigenvalue weighted by molar-refractivity contribution is -0.128. The van der Waals surface area contributed by atoms with Crippen molar-refractivity contribution >= 4 is 27.5 Å². The van der Waals surface area contributed by atoms with Gasteiger partial charge in [-0.2, -0.15) is 4.31 Å². The van der Waals surface area contributed by atoms with Gasteiger partial charge < -0.3 is 9.84 Å². The fraction of sp³-hybridized carbons (Fsp3) is 0.750. The first-order valence-corrected chi connectivity index (χ1v) is 11.8. The summed E-state index contributed by atoms with van der Waals surface area (Å²) in [6.45, 7) is 7.96. The van der Waals surface area contributed by atoms with E-state index in [1.807, 2.05) is 27.7 Å². The summed E-state index contributed by atoms with van der Waals surface area (Å²) in [5.41, 5.74) is -1.20. The van der Waals surface area contributed by atoms with E-state index in [1.54, 1.807) is 0 Å². The zero-order chi connectivity index (χ0) is 21.4. The van der Waals surface area contributed by atoms with E-state index in [9.17, 15) is 18.0 Å². The molecule has 0 unspecified atom stereocenters. The normalized spacial score (nSPS) is 25.9. The van der Waals surface area contributed by atoms with Crippen LogP contribution in [0, 0.1) is 22.7 Å². The van der Waals surface area contributed by atoms with Crippen molar-refractivity contribution in [2.45, 2.75) is 53.4 Å². The molecule has 0 aliphatic heterocycles. The minimum Gasteiger partial charge on any atom is -0.363 e. The van der Waals surface area contributed by atoms with Crippen molar-refractivity contribution in [2.75, 3.05) is 24.2 Å².